The number of benzene rings is 1. The van der Waals surface area contributed by atoms with Gasteiger partial charge in [-0.15, -0.1) is 0 Å². The van der Waals surface area contributed by atoms with Crippen LogP contribution in [0.2, 0.25) is 0 Å². The third-order valence-corrected chi connectivity index (χ3v) is 3.70. The average Bonchev–Trinajstić information content (AvgIpc) is 2.65. The summed E-state index contributed by atoms with van der Waals surface area (Å²) in [6.07, 6.45) is -3.29. The molecule has 1 atom stereocenters. The molecule has 1 unspecified atom stereocenters. The first-order chi connectivity index (χ1) is 8.36. The van der Waals surface area contributed by atoms with E-state index in [1.165, 1.54) is 6.07 Å². The fraction of sp³-hybridized carbons (Fsp3) is 0.500. The second-order valence-electron chi connectivity index (χ2n) is 4.58. The molecule has 1 fully saturated rings. The van der Waals surface area contributed by atoms with Crippen LogP contribution in [0.15, 0.2) is 22.7 Å². The van der Waals surface area contributed by atoms with Crippen molar-refractivity contribution in [2.75, 3.05) is 25.5 Å². The number of anilines is 1. The van der Waals surface area contributed by atoms with Crippen molar-refractivity contribution in [3.05, 3.63) is 28.2 Å². The van der Waals surface area contributed by atoms with Crippen molar-refractivity contribution in [3.8, 4) is 0 Å². The highest BCUT2D eigenvalue weighted by Gasteiger charge is 2.31. The van der Waals surface area contributed by atoms with Crippen LogP contribution in [-0.2, 0) is 6.18 Å². The highest BCUT2D eigenvalue weighted by molar-refractivity contribution is 9.10. The third-order valence-electron chi connectivity index (χ3n) is 3.05. The smallest absolute Gasteiger partial charge is 0.380 e. The number of likely N-dealkylation sites (tertiary alicyclic amines) is 1. The Labute approximate surface area is 112 Å². The standard InChI is InChI=1S/C12H14BrF3N2/c1-18-5-4-9(7-18)17-11-3-2-8(6-10(11)13)12(14,15)16/h2-3,6,9,17H,4-5,7H2,1H3. The van der Waals surface area contributed by atoms with Crippen molar-refractivity contribution < 1.29 is 13.2 Å². The van der Waals surface area contributed by atoms with Crippen LogP contribution in [0.25, 0.3) is 0 Å². The Morgan fingerprint density at radius 2 is 2.11 bits per heavy atom. The van der Waals surface area contributed by atoms with Crippen LogP contribution < -0.4 is 5.32 Å². The number of nitrogens with zero attached hydrogens (tertiary/aromatic N) is 1. The van der Waals surface area contributed by atoms with Crippen LogP contribution in [0.4, 0.5) is 18.9 Å². The molecule has 1 aliphatic heterocycles. The maximum atomic E-state index is 12.5. The van der Waals surface area contributed by atoms with Crippen LogP contribution in [-0.4, -0.2) is 31.1 Å². The molecule has 1 saturated heterocycles. The van der Waals surface area contributed by atoms with E-state index in [1.807, 2.05) is 7.05 Å². The maximum absolute atomic E-state index is 12.5. The molecule has 0 bridgehead atoms. The van der Waals surface area contributed by atoms with Crippen molar-refractivity contribution >= 4 is 21.6 Å². The zero-order valence-corrected chi connectivity index (χ0v) is 11.5. The van der Waals surface area contributed by atoms with Crippen LogP contribution in [0, 0.1) is 0 Å². The first kappa shape index (κ1) is 13.7. The summed E-state index contributed by atoms with van der Waals surface area (Å²) in [5, 5.41) is 3.26. The highest BCUT2D eigenvalue weighted by Crippen LogP contribution is 2.34. The molecule has 6 heteroatoms. The molecule has 1 aromatic rings. The van der Waals surface area contributed by atoms with Gasteiger partial charge in [-0.2, -0.15) is 13.2 Å². The lowest BCUT2D eigenvalue weighted by Crippen LogP contribution is -2.23. The number of hydrogen-bond acceptors (Lipinski definition) is 2. The fourth-order valence-electron chi connectivity index (χ4n) is 2.08. The summed E-state index contributed by atoms with van der Waals surface area (Å²) in [4.78, 5) is 2.19. The molecule has 0 aliphatic carbocycles. The zero-order valence-electron chi connectivity index (χ0n) is 9.89. The van der Waals surface area contributed by atoms with E-state index in [2.05, 4.69) is 26.1 Å². The van der Waals surface area contributed by atoms with Crippen LogP contribution in [0.1, 0.15) is 12.0 Å². The lowest BCUT2D eigenvalue weighted by atomic mass is 10.2. The molecule has 2 nitrogen and oxygen atoms in total. The van der Waals surface area contributed by atoms with Crippen LogP contribution in [0.3, 0.4) is 0 Å². The molecular formula is C12H14BrF3N2. The molecule has 0 aromatic heterocycles. The fourth-order valence-corrected chi connectivity index (χ4v) is 2.57. The van der Waals surface area contributed by atoms with Crippen molar-refractivity contribution in [2.45, 2.75) is 18.6 Å². The van der Waals surface area contributed by atoms with Crippen LogP contribution in [0.5, 0.6) is 0 Å². The summed E-state index contributed by atoms with van der Waals surface area (Å²) < 4.78 is 38.0. The van der Waals surface area contributed by atoms with E-state index in [-0.39, 0.29) is 0 Å². The van der Waals surface area contributed by atoms with E-state index >= 15 is 0 Å². The second-order valence-corrected chi connectivity index (χ2v) is 5.44. The van der Waals surface area contributed by atoms with Gasteiger partial charge in [-0.25, -0.2) is 0 Å². The van der Waals surface area contributed by atoms with Crippen molar-refractivity contribution in [1.29, 1.82) is 0 Å². The summed E-state index contributed by atoms with van der Waals surface area (Å²) in [6.45, 7) is 1.92. The van der Waals surface area contributed by atoms with Crippen molar-refractivity contribution in [3.63, 3.8) is 0 Å². The zero-order chi connectivity index (χ0) is 13.3. The molecule has 2 rings (SSSR count). The van der Waals surface area contributed by atoms with E-state index in [0.29, 0.717) is 16.2 Å². The number of hydrogen-bond donors (Lipinski definition) is 1. The molecule has 1 N–H and O–H groups in total. The van der Waals surface area contributed by atoms with Gasteiger partial charge in [0, 0.05) is 22.7 Å². The molecule has 18 heavy (non-hydrogen) atoms. The van der Waals surface area contributed by atoms with E-state index in [0.717, 1.165) is 31.6 Å². The van der Waals surface area contributed by atoms with Crippen LogP contribution >= 0.6 is 15.9 Å². The lowest BCUT2D eigenvalue weighted by molar-refractivity contribution is -0.137. The minimum absolute atomic E-state index is 0.294. The molecule has 0 amide bonds. The molecule has 0 spiro atoms. The maximum Gasteiger partial charge on any atom is 0.416 e. The van der Waals surface area contributed by atoms with Gasteiger partial charge in [-0.05, 0) is 54.1 Å². The van der Waals surface area contributed by atoms with E-state index < -0.39 is 11.7 Å². The molecule has 1 aliphatic rings. The molecule has 100 valence electrons. The van der Waals surface area contributed by atoms with Gasteiger partial charge in [0.1, 0.15) is 0 Å². The second kappa shape index (κ2) is 5.09. The van der Waals surface area contributed by atoms with E-state index in [9.17, 15) is 13.2 Å². The van der Waals surface area contributed by atoms with Gasteiger partial charge >= 0.3 is 6.18 Å². The highest BCUT2D eigenvalue weighted by atomic mass is 79.9. The Hall–Kier alpha value is -0.750. The normalized spacial score (nSPS) is 21.3. The number of halogens is 4. The van der Waals surface area contributed by atoms with Gasteiger partial charge in [0.05, 0.1) is 5.56 Å². The van der Waals surface area contributed by atoms with E-state index in [1.54, 1.807) is 0 Å². The molecule has 0 radical (unpaired) electrons. The quantitative estimate of drug-likeness (QED) is 0.895. The van der Waals surface area contributed by atoms with Crippen molar-refractivity contribution in [1.82, 2.24) is 4.90 Å². The monoisotopic (exact) mass is 322 g/mol. The van der Waals surface area contributed by atoms with Gasteiger partial charge in [0.15, 0.2) is 0 Å². The topological polar surface area (TPSA) is 15.3 Å². The first-order valence-corrected chi connectivity index (χ1v) is 6.47. The summed E-state index contributed by atoms with van der Waals surface area (Å²) >= 11 is 3.19. The largest absolute Gasteiger partial charge is 0.416 e. The first-order valence-electron chi connectivity index (χ1n) is 5.68. The average molecular weight is 323 g/mol. The predicted molar refractivity (Wildman–Crippen MR) is 68.7 cm³/mol. The molecular weight excluding hydrogens is 309 g/mol. The van der Waals surface area contributed by atoms with E-state index in [4.69, 9.17) is 0 Å². The van der Waals surface area contributed by atoms with Gasteiger partial charge in [0.2, 0.25) is 0 Å². The molecule has 1 heterocycles. The Bertz CT molecular complexity index is 434. The summed E-state index contributed by atoms with van der Waals surface area (Å²) in [7, 11) is 2.03. The van der Waals surface area contributed by atoms with Gasteiger partial charge in [-0.1, -0.05) is 0 Å². The van der Waals surface area contributed by atoms with Gasteiger partial charge in [0.25, 0.3) is 0 Å². The van der Waals surface area contributed by atoms with Gasteiger partial charge in [-0.3, -0.25) is 0 Å². The summed E-state index contributed by atoms with van der Waals surface area (Å²) in [5.74, 6) is 0. The van der Waals surface area contributed by atoms with Gasteiger partial charge < -0.3 is 10.2 Å². The minimum Gasteiger partial charge on any atom is -0.380 e. The van der Waals surface area contributed by atoms with Crippen molar-refractivity contribution in [2.24, 2.45) is 0 Å². The third kappa shape index (κ3) is 3.17. The predicted octanol–water partition coefficient (Wildman–Crippen LogP) is 3.58. The summed E-state index contributed by atoms with van der Waals surface area (Å²) in [5.41, 5.74) is 0.0757. The summed E-state index contributed by atoms with van der Waals surface area (Å²) in [6, 6.07) is 3.99. The SMILES string of the molecule is CN1CCC(Nc2ccc(C(F)(F)F)cc2Br)C1. The Balaban J connectivity index is 2.10. The Kier molecular flexibility index (Phi) is 3.87. The molecule has 0 saturated carbocycles. The lowest BCUT2D eigenvalue weighted by Gasteiger charge is -2.16. The number of nitrogens with one attached hydrogen (secondary N) is 1. The Morgan fingerprint density at radius 1 is 1.39 bits per heavy atom. The Morgan fingerprint density at radius 3 is 2.61 bits per heavy atom. The number of likely N-dealkylation sites (N-methyl/N-ethyl adjacent to an activating group) is 1. The number of rotatable bonds is 2. The number of alkyl halides is 3. The minimum atomic E-state index is -4.30. The molecule has 1 aromatic carbocycles.